The average Bonchev–Trinajstić information content (AvgIpc) is 2.37. The Balaban J connectivity index is 2.28. The zero-order chi connectivity index (χ0) is 14.3. The van der Waals surface area contributed by atoms with Crippen molar-refractivity contribution in [2.24, 2.45) is 11.7 Å². The fourth-order valence-corrected chi connectivity index (χ4v) is 1.67. The van der Waals surface area contributed by atoms with Gasteiger partial charge in [-0.15, -0.1) is 0 Å². The fourth-order valence-electron chi connectivity index (χ4n) is 1.67. The minimum atomic E-state index is -0.259. The summed E-state index contributed by atoms with van der Waals surface area (Å²) in [4.78, 5) is 0. The van der Waals surface area contributed by atoms with Crippen molar-refractivity contribution in [1.29, 1.82) is 0 Å². The van der Waals surface area contributed by atoms with Gasteiger partial charge in [-0.1, -0.05) is 26.0 Å². The Labute approximate surface area is 114 Å². The summed E-state index contributed by atoms with van der Waals surface area (Å²) in [6, 6.07) is 5.94. The molecule has 0 spiro atoms. The maximum atomic E-state index is 12.8. The van der Waals surface area contributed by atoms with Gasteiger partial charge in [0.25, 0.3) is 0 Å². The molecule has 0 fully saturated rings. The van der Waals surface area contributed by atoms with E-state index >= 15 is 0 Å². The van der Waals surface area contributed by atoms with Crippen LogP contribution in [0.2, 0.25) is 0 Å². The van der Waals surface area contributed by atoms with Crippen molar-refractivity contribution in [3.8, 4) is 0 Å². The van der Waals surface area contributed by atoms with E-state index < -0.39 is 0 Å². The lowest BCUT2D eigenvalue weighted by Gasteiger charge is -2.21. The van der Waals surface area contributed by atoms with E-state index in [0.29, 0.717) is 19.1 Å². The van der Waals surface area contributed by atoms with Crippen LogP contribution in [-0.2, 0) is 9.47 Å². The van der Waals surface area contributed by atoms with Crippen LogP contribution in [0.4, 0.5) is 4.39 Å². The molecule has 0 saturated carbocycles. The molecule has 3 nitrogen and oxygen atoms in total. The number of hydrogen-bond donors (Lipinski definition) is 1. The fraction of sp³-hybridized carbons (Fsp3) is 0.600. The van der Waals surface area contributed by atoms with Crippen molar-refractivity contribution in [2.75, 3.05) is 19.8 Å². The van der Waals surface area contributed by atoms with Gasteiger partial charge in [-0.2, -0.15) is 0 Å². The molecule has 0 amide bonds. The highest BCUT2D eigenvalue weighted by molar-refractivity contribution is 5.20. The molecule has 0 radical (unpaired) electrons. The molecule has 108 valence electrons. The van der Waals surface area contributed by atoms with Crippen LogP contribution in [0.15, 0.2) is 24.3 Å². The van der Waals surface area contributed by atoms with Crippen LogP contribution in [-0.4, -0.2) is 25.9 Å². The highest BCUT2D eigenvalue weighted by Gasteiger charge is 2.15. The Kier molecular flexibility index (Phi) is 6.99. The van der Waals surface area contributed by atoms with E-state index in [2.05, 4.69) is 13.8 Å². The van der Waals surface area contributed by atoms with Gasteiger partial charge >= 0.3 is 0 Å². The van der Waals surface area contributed by atoms with Crippen molar-refractivity contribution >= 4 is 0 Å². The zero-order valence-electron chi connectivity index (χ0n) is 11.9. The Morgan fingerprint density at radius 1 is 1.11 bits per heavy atom. The summed E-state index contributed by atoms with van der Waals surface area (Å²) in [6.07, 6.45) is -0.131. The number of ether oxygens (including phenoxy) is 2. The number of rotatable bonds is 8. The average molecular weight is 269 g/mol. The van der Waals surface area contributed by atoms with Gasteiger partial charge in [0.2, 0.25) is 0 Å². The van der Waals surface area contributed by atoms with Crippen LogP contribution in [0.25, 0.3) is 0 Å². The van der Waals surface area contributed by atoms with E-state index in [1.54, 1.807) is 12.1 Å². The minimum absolute atomic E-state index is 0.131. The molecule has 4 heteroatoms. The molecule has 0 aliphatic rings. The molecular formula is C15H24FNO2. The van der Waals surface area contributed by atoms with E-state index in [0.717, 1.165) is 12.2 Å². The molecule has 1 aromatic rings. The third kappa shape index (κ3) is 6.14. The van der Waals surface area contributed by atoms with Gasteiger partial charge in [0.05, 0.1) is 25.4 Å². The van der Waals surface area contributed by atoms with Crippen molar-refractivity contribution in [3.05, 3.63) is 35.6 Å². The molecule has 0 aliphatic heterocycles. The molecule has 19 heavy (non-hydrogen) atoms. The van der Waals surface area contributed by atoms with E-state index in [4.69, 9.17) is 15.2 Å². The molecule has 0 aliphatic carbocycles. The van der Waals surface area contributed by atoms with Crippen molar-refractivity contribution in [1.82, 2.24) is 0 Å². The lowest BCUT2D eigenvalue weighted by Crippen LogP contribution is -2.27. The quantitative estimate of drug-likeness (QED) is 0.738. The summed E-state index contributed by atoms with van der Waals surface area (Å²) in [5.41, 5.74) is 6.94. The van der Waals surface area contributed by atoms with Crippen molar-refractivity contribution in [3.63, 3.8) is 0 Å². The smallest absolute Gasteiger partial charge is 0.123 e. The van der Waals surface area contributed by atoms with Gasteiger partial charge in [0.15, 0.2) is 0 Å². The van der Waals surface area contributed by atoms with E-state index in [9.17, 15) is 4.39 Å². The van der Waals surface area contributed by atoms with Crippen LogP contribution in [0.1, 0.15) is 32.4 Å². The molecule has 0 saturated heterocycles. The summed E-state index contributed by atoms with van der Waals surface area (Å²) in [5.74, 6) is 0.269. The summed E-state index contributed by atoms with van der Waals surface area (Å²) in [6.45, 7) is 7.95. The molecule has 1 aromatic carbocycles. The molecule has 0 heterocycles. The third-order valence-electron chi connectivity index (χ3n) is 2.82. The summed E-state index contributed by atoms with van der Waals surface area (Å²) >= 11 is 0. The van der Waals surface area contributed by atoms with E-state index in [-0.39, 0.29) is 18.0 Å². The Morgan fingerprint density at radius 3 is 2.32 bits per heavy atom. The first kappa shape index (κ1) is 16.1. The Morgan fingerprint density at radius 2 is 1.74 bits per heavy atom. The normalized spacial score (nSPS) is 14.6. The van der Waals surface area contributed by atoms with Gasteiger partial charge in [-0.3, -0.25) is 0 Å². The molecule has 1 rings (SSSR count). The first-order valence-electron chi connectivity index (χ1n) is 6.71. The third-order valence-corrected chi connectivity index (χ3v) is 2.82. The number of hydrogen-bond acceptors (Lipinski definition) is 3. The van der Waals surface area contributed by atoms with Gasteiger partial charge in [-0.25, -0.2) is 4.39 Å². The Bertz CT molecular complexity index is 354. The topological polar surface area (TPSA) is 44.5 Å². The van der Waals surface area contributed by atoms with Crippen molar-refractivity contribution in [2.45, 2.75) is 32.9 Å². The van der Waals surface area contributed by atoms with Gasteiger partial charge in [-0.05, 0) is 30.5 Å². The van der Waals surface area contributed by atoms with Gasteiger partial charge in [0, 0.05) is 6.61 Å². The largest absolute Gasteiger partial charge is 0.379 e. The van der Waals surface area contributed by atoms with Crippen LogP contribution in [0.3, 0.4) is 0 Å². The number of nitrogens with two attached hydrogens (primary N) is 1. The lowest BCUT2D eigenvalue weighted by atomic mass is 10.0. The summed E-state index contributed by atoms with van der Waals surface area (Å²) < 4.78 is 23.9. The maximum absolute atomic E-state index is 12.8. The minimum Gasteiger partial charge on any atom is -0.379 e. The first-order valence-corrected chi connectivity index (χ1v) is 6.71. The molecule has 2 atom stereocenters. The molecule has 2 N–H and O–H groups in total. The zero-order valence-corrected chi connectivity index (χ0v) is 11.9. The molecular weight excluding hydrogens is 245 g/mol. The SMILES string of the molecule is CC(C)COCCOC(C)C(N)c1ccc(F)cc1. The lowest BCUT2D eigenvalue weighted by molar-refractivity contribution is -0.00317. The number of benzene rings is 1. The predicted molar refractivity (Wildman–Crippen MR) is 74.4 cm³/mol. The highest BCUT2D eigenvalue weighted by Crippen LogP contribution is 2.16. The standard InChI is InChI=1S/C15H24FNO2/c1-11(2)10-18-8-9-19-12(3)15(17)13-4-6-14(16)7-5-13/h4-7,11-12,15H,8-10,17H2,1-3H3. The summed E-state index contributed by atoms with van der Waals surface area (Å²) in [7, 11) is 0. The van der Waals surface area contributed by atoms with Crippen LogP contribution in [0, 0.1) is 11.7 Å². The predicted octanol–water partition coefficient (Wildman–Crippen LogP) is 2.90. The molecule has 2 unspecified atom stereocenters. The van der Waals surface area contributed by atoms with E-state index in [1.165, 1.54) is 12.1 Å². The van der Waals surface area contributed by atoms with Gasteiger partial charge < -0.3 is 15.2 Å². The van der Waals surface area contributed by atoms with Crippen LogP contribution < -0.4 is 5.73 Å². The summed E-state index contributed by atoms with van der Waals surface area (Å²) in [5, 5.41) is 0. The van der Waals surface area contributed by atoms with Crippen LogP contribution >= 0.6 is 0 Å². The van der Waals surface area contributed by atoms with E-state index in [1.807, 2.05) is 6.92 Å². The highest BCUT2D eigenvalue weighted by atomic mass is 19.1. The van der Waals surface area contributed by atoms with Gasteiger partial charge in [0.1, 0.15) is 5.82 Å². The van der Waals surface area contributed by atoms with Crippen LogP contribution in [0.5, 0.6) is 0 Å². The second kappa shape index (κ2) is 8.25. The first-order chi connectivity index (χ1) is 9.00. The van der Waals surface area contributed by atoms with Crippen molar-refractivity contribution < 1.29 is 13.9 Å². The monoisotopic (exact) mass is 269 g/mol. The molecule has 0 bridgehead atoms. The molecule has 0 aromatic heterocycles. The second-order valence-electron chi connectivity index (χ2n) is 5.12. The maximum Gasteiger partial charge on any atom is 0.123 e. The Hall–Kier alpha value is -0.970. The second-order valence-corrected chi connectivity index (χ2v) is 5.12. The number of halogens is 1.